The van der Waals surface area contributed by atoms with Gasteiger partial charge in [0.25, 0.3) is 0 Å². The standard InChI is InChI=1S/C17H27N3O3S/c1-5-19(13(4)12(2)3)11-17(21)20-9-8-14-10-15(24(18,22)23)6-7-16(14)20/h6-7,10,12-13H,5,8-9,11H2,1-4H3,(H2,18,22,23). The van der Waals surface area contributed by atoms with Gasteiger partial charge in [0.1, 0.15) is 0 Å². The maximum atomic E-state index is 12.7. The van der Waals surface area contributed by atoms with E-state index in [0.29, 0.717) is 31.5 Å². The number of fused-ring (bicyclic) bond motifs is 1. The minimum atomic E-state index is -3.72. The number of carbonyl (C=O) groups excluding carboxylic acids is 1. The van der Waals surface area contributed by atoms with Crippen molar-refractivity contribution in [3.63, 3.8) is 0 Å². The third-order valence-electron chi connectivity index (χ3n) is 4.86. The molecule has 0 aliphatic carbocycles. The van der Waals surface area contributed by atoms with Crippen LogP contribution in [0.15, 0.2) is 23.1 Å². The van der Waals surface area contributed by atoms with Crippen LogP contribution in [0.3, 0.4) is 0 Å². The van der Waals surface area contributed by atoms with Crippen molar-refractivity contribution in [2.45, 2.75) is 45.1 Å². The second-order valence-electron chi connectivity index (χ2n) is 6.68. The van der Waals surface area contributed by atoms with Crippen LogP contribution in [0.25, 0.3) is 0 Å². The van der Waals surface area contributed by atoms with Gasteiger partial charge < -0.3 is 4.90 Å². The summed E-state index contributed by atoms with van der Waals surface area (Å²) in [6.07, 6.45) is 0.649. The van der Waals surface area contributed by atoms with Crippen molar-refractivity contribution in [2.75, 3.05) is 24.5 Å². The van der Waals surface area contributed by atoms with Crippen molar-refractivity contribution in [3.8, 4) is 0 Å². The smallest absolute Gasteiger partial charge is 0.241 e. The lowest BCUT2D eigenvalue weighted by Gasteiger charge is -2.31. The van der Waals surface area contributed by atoms with E-state index < -0.39 is 10.0 Å². The molecule has 6 nitrogen and oxygen atoms in total. The highest BCUT2D eigenvalue weighted by molar-refractivity contribution is 7.89. The summed E-state index contributed by atoms with van der Waals surface area (Å²) in [5.74, 6) is 0.521. The number of nitrogens with zero attached hydrogens (tertiary/aromatic N) is 2. The first-order valence-electron chi connectivity index (χ1n) is 8.35. The normalized spacial score (nSPS) is 15.9. The van der Waals surface area contributed by atoms with Crippen LogP contribution in [-0.2, 0) is 21.2 Å². The van der Waals surface area contributed by atoms with Gasteiger partial charge in [-0.3, -0.25) is 9.69 Å². The quantitative estimate of drug-likeness (QED) is 0.842. The molecule has 0 saturated heterocycles. The Morgan fingerprint density at radius 2 is 2.00 bits per heavy atom. The number of sulfonamides is 1. The maximum absolute atomic E-state index is 12.7. The Kier molecular flexibility index (Phi) is 5.67. The van der Waals surface area contributed by atoms with E-state index in [2.05, 4.69) is 32.6 Å². The SMILES string of the molecule is CCN(CC(=O)N1CCc2cc(S(N)(=O)=O)ccc21)C(C)C(C)C. The molecule has 0 spiro atoms. The Bertz CT molecular complexity index is 716. The van der Waals surface area contributed by atoms with E-state index in [0.717, 1.165) is 17.8 Å². The molecule has 1 amide bonds. The minimum absolute atomic E-state index is 0.0476. The number of rotatable bonds is 6. The van der Waals surface area contributed by atoms with Crippen molar-refractivity contribution in [1.29, 1.82) is 0 Å². The largest absolute Gasteiger partial charge is 0.311 e. The Morgan fingerprint density at radius 1 is 1.33 bits per heavy atom. The first-order chi connectivity index (χ1) is 11.1. The highest BCUT2D eigenvalue weighted by atomic mass is 32.2. The van der Waals surface area contributed by atoms with Gasteiger partial charge in [0, 0.05) is 18.3 Å². The van der Waals surface area contributed by atoms with Gasteiger partial charge in [-0.05, 0) is 49.6 Å². The summed E-state index contributed by atoms with van der Waals surface area (Å²) >= 11 is 0. The molecule has 0 aromatic heterocycles. The number of amides is 1. The first-order valence-corrected chi connectivity index (χ1v) is 9.90. The zero-order chi connectivity index (χ0) is 18.1. The van der Waals surface area contributed by atoms with Gasteiger partial charge in [-0.1, -0.05) is 20.8 Å². The first kappa shape index (κ1) is 18.9. The van der Waals surface area contributed by atoms with Gasteiger partial charge in [0.2, 0.25) is 15.9 Å². The monoisotopic (exact) mass is 353 g/mol. The molecule has 1 unspecified atom stereocenters. The molecule has 1 heterocycles. The van der Waals surface area contributed by atoms with E-state index in [1.165, 1.54) is 6.07 Å². The number of hydrogen-bond donors (Lipinski definition) is 1. The summed E-state index contributed by atoms with van der Waals surface area (Å²) in [5.41, 5.74) is 1.65. The summed E-state index contributed by atoms with van der Waals surface area (Å²) in [4.78, 5) is 16.7. The minimum Gasteiger partial charge on any atom is -0.311 e. The highest BCUT2D eigenvalue weighted by Crippen LogP contribution is 2.30. The second-order valence-corrected chi connectivity index (χ2v) is 8.24. The summed E-state index contributed by atoms with van der Waals surface area (Å²) in [5, 5.41) is 5.18. The summed E-state index contributed by atoms with van der Waals surface area (Å²) in [6.45, 7) is 10.3. The van der Waals surface area contributed by atoms with Gasteiger partial charge in [-0.15, -0.1) is 0 Å². The average molecular weight is 353 g/mol. The van der Waals surface area contributed by atoms with Crippen molar-refractivity contribution in [1.82, 2.24) is 4.90 Å². The number of likely N-dealkylation sites (N-methyl/N-ethyl adjacent to an activating group) is 1. The topological polar surface area (TPSA) is 83.7 Å². The second kappa shape index (κ2) is 7.21. The van der Waals surface area contributed by atoms with E-state index in [1.54, 1.807) is 17.0 Å². The molecule has 1 aliphatic rings. The number of primary sulfonamides is 1. The summed E-state index contributed by atoms with van der Waals surface area (Å²) < 4.78 is 22.9. The molecule has 2 N–H and O–H groups in total. The lowest BCUT2D eigenvalue weighted by molar-refractivity contribution is -0.120. The molecule has 1 atom stereocenters. The van der Waals surface area contributed by atoms with Crippen LogP contribution >= 0.6 is 0 Å². The summed E-state index contributed by atoms with van der Waals surface area (Å²) in [7, 11) is -3.72. The van der Waals surface area contributed by atoms with E-state index in [-0.39, 0.29) is 10.8 Å². The van der Waals surface area contributed by atoms with Crippen LogP contribution in [0.1, 0.15) is 33.3 Å². The lowest BCUT2D eigenvalue weighted by Crippen LogP contribution is -2.45. The van der Waals surface area contributed by atoms with Crippen LogP contribution in [0, 0.1) is 5.92 Å². The lowest BCUT2D eigenvalue weighted by atomic mass is 10.0. The molecule has 24 heavy (non-hydrogen) atoms. The third-order valence-corrected chi connectivity index (χ3v) is 5.77. The maximum Gasteiger partial charge on any atom is 0.241 e. The fourth-order valence-electron chi connectivity index (χ4n) is 3.04. The van der Waals surface area contributed by atoms with Gasteiger partial charge in [-0.25, -0.2) is 13.6 Å². The van der Waals surface area contributed by atoms with Gasteiger partial charge in [0.15, 0.2) is 0 Å². The van der Waals surface area contributed by atoms with Gasteiger partial charge in [-0.2, -0.15) is 0 Å². The molecule has 0 bridgehead atoms. The Labute approximate surface area is 144 Å². The van der Waals surface area contributed by atoms with Crippen LogP contribution < -0.4 is 10.0 Å². The molecule has 1 aromatic rings. The number of benzene rings is 1. The molecule has 0 saturated carbocycles. The van der Waals surface area contributed by atoms with Crippen molar-refractivity contribution >= 4 is 21.6 Å². The van der Waals surface area contributed by atoms with Crippen LogP contribution in [0.5, 0.6) is 0 Å². The van der Waals surface area contributed by atoms with Crippen molar-refractivity contribution < 1.29 is 13.2 Å². The Morgan fingerprint density at radius 3 is 2.54 bits per heavy atom. The van der Waals surface area contributed by atoms with E-state index in [4.69, 9.17) is 5.14 Å². The molecular weight excluding hydrogens is 326 g/mol. The molecular formula is C17H27N3O3S. The molecule has 7 heteroatoms. The van der Waals surface area contributed by atoms with Crippen LogP contribution in [-0.4, -0.2) is 44.9 Å². The molecule has 134 valence electrons. The molecule has 2 rings (SSSR count). The summed E-state index contributed by atoms with van der Waals surface area (Å²) in [6, 6.07) is 5.05. The van der Waals surface area contributed by atoms with Crippen molar-refractivity contribution in [3.05, 3.63) is 23.8 Å². The van der Waals surface area contributed by atoms with Crippen LogP contribution in [0.4, 0.5) is 5.69 Å². The molecule has 0 fully saturated rings. The predicted octanol–water partition coefficient (Wildman–Crippen LogP) is 1.59. The zero-order valence-corrected chi connectivity index (χ0v) is 15.6. The number of carbonyl (C=O) groups is 1. The molecule has 0 radical (unpaired) electrons. The van der Waals surface area contributed by atoms with Crippen molar-refractivity contribution in [2.24, 2.45) is 11.1 Å². The Hall–Kier alpha value is -1.44. The third kappa shape index (κ3) is 3.96. The van der Waals surface area contributed by atoms with E-state index >= 15 is 0 Å². The number of anilines is 1. The molecule has 1 aliphatic heterocycles. The fourth-order valence-corrected chi connectivity index (χ4v) is 3.60. The van der Waals surface area contributed by atoms with E-state index in [9.17, 15) is 13.2 Å². The fraction of sp³-hybridized carbons (Fsp3) is 0.588. The van der Waals surface area contributed by atoms with E-state index in [1.807, 2.05) is 0 Å². The highest BCUT2D eigenvalue weighted by Gasteiger charge is 2.28. The Balaban J connectivity index is 2.17. The zero-order valence-electron chi connectivity index (χ0n) is 14.8. The average Bonchev–Trinajstić information content (AvgIpc) is 2.93. The van der Waals surface area contributed by atoms with Gasteiger partial charge in [0.05, 0.1) is 11.4 Å². The number of nitrogens with two attached hydrogens (primary N) is 1. The van der Waals surface area contributed by atoms with Gasteiger partial charge >= 0.3 is 0 Å². The molecule has 1 aromatic carbocycles. The predicted molar refractivity (Wildman–Crippen MR) is 95.4 cm³/mol. The number of hydrogen-bond acceptors (Lipinski definition) is 4. The van der Waals surface area contributed by atoms with Crippen LogP contribution in [0.2, 0.25) is 0 Å².